The maximum atomic E-state index is 13.5. The van der Waals surface area contributed by atoms with Crippen LogP contribution in [0.15, 0.2) is 41.9 Å². The van der Waals surface area contributed by atoms with E-state index in [-0.39, 0.29) is 17.2 Å². The van der Waals surface area contributed by atoms with Crippen molar-refractivity contribution in [2.75, 3.05) is 13.6 Å². The Balaban J connectivity index is 1.20. The molecule has 6 nitrogen and oxygen atoms in total. The van der Waals surface area contributed by atoms with Gasteiger partial charge in [-0.2, -0.15) is 0 Å². The topological polar surface area (TPSA) is 66.7 Å². The van der Waals surface area contributed by atoms with Crippen LogP contribution < -0.4 is 5.32 Å². The number of aromatic nitrogens is 2. The van der Waals surface area contributed by atoms with Gasteiger partial charge >= 0.3 is 0 Å². The van der Waals surface area contributed by atoms with Crippen LogP contribution in [0.3, 0.4) is 0 Å². The Morgan fingerprint density at radius 3 is 2.83 bits per heavy atom. The van der Waals surface area contributed by atoms with Crippen LogP contribution in [0.1, 0.15) is 71.4 Å². The van der Waals surface area contributed by atoms with Crippen LogP contribution in [-0.4, -0.2) is 39.7 Å². The molecule has 1 saturated heterocycles. The monoisotopic (exact) mass is 488 g/mol. The molecule has 36 heavy (non-hydrogen) atoms. The Kier molecular flexibility index (Phi) is 5.58. The summed E-state index contributed by atoms with van der Waals surface area (Å²) in [6.45, 7) is 7.61. The minimum Gasteiger partial charge on any atom is -0.355 e. The third-order valence-corrected chi connectivity index (χ3v) is 10.5. The Bertz CT molecular complexity index is 1210. The molecule has 1 N–H and O–H groups in total. The summed E-state index contributed by atoms with van der Waals surface area (Å²) in [6.07, 6.45) is 12.9. The van der Waals surface area contributed by atoms with Crippen LogP contribution in [0.2, 0.25) is 0 Å². The minimum absolute atomic E-state index is 0.0491. The first-order valence-corrected chi connectivity index (χ1v) is 13.9. The lowest BCUT2D eigenvalue weighted by Crippen LogP contribution is -2.58. The van der Waals surface area contributed by atoms with Gasteiger partial charge in [0.2, 0.25) is 11.8 Å². The molecule has 2 aromatic rings. The van der Waals surface area contributed by atoms with Crippen LogP contribution in [0.25, 0.3) is 5.65 Å². The zero-order chi connectivity index (χ0) is 25.2. The highest BCUT2D eigenvalue weighted by atomic mass is 16.2. The molecule has 6 rings (SSSR count). The van der Waals surface area contributed by atoms with Gasteiger partial charge in [-0.1, -0.05) is 31.9 Å². The van der Waals surface area contributed by atoms with Gasteiger partial charge in [0.25, 0.3) is 0 Å². The van der Waals surface area contributed by atoms with Gasteiger partial charge < -0.3 is 14.6 Å². The average molecular weight is 489 g/mol. The van der Waals surface area contributed by atoms with Crippen molar-refractivity contribution < 1.29 is 9.59 Å². The lowest BCUT2D eigenvalue weighted by molar-refractivity contribution is -0.149. The van der Waals surface area contributed by atoms with Gasteiger partial charge in [0, 0.05) is 43.5 Å². The summed E-state index contributed by atoms with van der Waals surface area (Å²) in [6, 6.07) is 5.92. The van der Waals surface area contributed by atoms with Gasteiger partial charge in [0.15, 0.2) is 0 Å². The normalized spacial score (nSPS) is 36.0. The molecule has 3 fully saturated rings. The fourth-order valence-electron chi connectivity index (χ4n) is 8.99. The number of allylic oxidation sites excluding steroid dienone is 2. The molecule has 3 heterocycles. The minimum atomic E-state index is -0.617. The van der Waals surface area contributed by atoms with Crippen molar-refractivity contribution in [3.05, 3.63) is 47.6 Å². The third-order valence-electron chi connectivity index (χ3n) is 10.5. The van der Waals surface area contributed by atoms with E-state index in [0.29, 0.717) is 36.6 Å². The van der Waals surface area contributed by atoms with Crippen molar-refractivity contribution in [3.63, 3.8) is 0 Å². The van der Waals surface area contributed by atoms with Crippen molar-refractivity contribution >= 4 is 17.5 Å². The summed E-state index contributed by atoms with van der Waals surface area (Å²) in [7, 11) is 1.90. The number of hydrogen-bond donors (Lipinski definition) is 1. The molecule has 2 amide bonds. The second kappa shape index (κ2) is 8.46. The number of piperidine rings is 1. The highest BCUT2D eigenvalue weighted by molar-refractivity contribution is 6.01. The molecular formula is C30H40N4O2. The third kappa shape index (κ3) is 3.54. The highest BCUT2D eigenvalue weighted by Gasteiger charge is 2.59. The van der Waals surface area contributed by atoms with E-state index in [1.165, 1.54) is 43.4 Å². The molecular weight excluding hydrogens is 448 g/mol. The second-order valence-electron chi connectivity index (χ2n) is 12.6. The molecule has 192 valence electrons. The van der Waals surface area contributed by atoms with E-state index in [9.17, 15) is 9.59 Å². The van der Waals surface area contributed by atoms with E-state index in [0.717, 1.165) is 23.7 Å². The smallest absolute Gasteiger partial charge is 0.239 e. The maximum absolute atomic E-state index is 13.5. The number of likely N-dealkylation sites (tertiary alicyclic amines) is 1. The first-order valence-electron chi connectivity index (χ1n) is 13.9. The van der Waals surface area contributed by atoms with Crippen molar-refractivity contribution in [2.45, 2.75) is 72.1 Å². The van der Waals surface area contributed by atoms with E-state index in [4.69, 9.17) is 0 Å². The number of fused-ring (bicyclic) bond motifs is 6. The van der Waals surface area contributed by atoms with Gasteiger partial charge in [-0.3, -0.25) is 9.59 Å². The van der Waals surface area contributed by atoms with Crippen molar-refractivity contribution in [2.24, 2.45) is 34.5 Å². The quantitative estimate of drug-likeness (QED) is 0.617. The van der Waals surface area contributed by atoms with Crippen molar-refractivity contribution in [1.29, 1.82) is 0 Å². The lowest BCUT2D eigenvalue weighted by Gasteiger charge is -2.59. The summed E-state index contributed by atoms with van der Waals surface area (Å²) >= 11 is 0. The Morgan fingerprint density at radius 2 is 2.03 bits per heavy atom. The lowest BCUT2D eigenvalue weighted by atomic mass is 9.48. The van der Waals surface area contributed by atoms with Crippen LogP contribution in [0.5, 0.6) is 0 Å². The van der Waals surface area contributed by atoms with E-state index in [2.05, 4.69) is 31.1 Å². The molecule has 0 spiro atoms. The molecule has 4 aliphatic rings. The summed E-state index contributed by atoms with van der Waals surface area (Å²) < 4.78 is 1.99. The predicted octanol–water partition coefficient (Wildman–Crippen LogP) is 4.99. The number of carbonyl (C=O) groups excluding carboxylic acids is 2. The SMILES string of the molecule is CC1=C2N(C)C(=O)C(C(=O)NCCc3cn4ccccc4n3)C[C@]2(C)[C@@H]2CC[C@]3(C)CCC[C@H]3[C@@H]2C1. The average Bonchev–Trinajstić information content (AvgIpc) is 3.44. The molecule has 1 unspecified atom stereocenters. The fraction of sp³-hybridized carbons (Fsp3) is 0.633. The number of amides is 2. The largest absolute Gasteiger partial charge is 0.355 e. The van der Waals surface area contributed by atoms with Crippen molar-refractivity contribution in [1.82, 2.24) is 19.6 Å². The number of pyridine rings is 1. The first kappa shape index (κ1) is 23.7. The van der Waals surface area contributed by atoms with Gasteiger partial charge in [-0.05, 0) is 80.8 Å². The zero-order valence-corrected chi connectivity index (χ0v) is 22.2. The zero-order valence-electron chi connectivity index (χ0n) is 22.2. The summed E-state index contributed by atoms with van der Waals surface area (Å²) in [4.78, 5) is 33.4. The molecule has 2 saturated carbocycles. The van der Waals surface area contributed by atoms with Crippen molar-refractivity contribution in [3.8, 4) is 0 Å². The Morgan fingerprint density at radius 1 is 1.19 bits per heavy atom. The maximum Gasteiger partial charge on any atom is 0.239 e. The van der Waals surface area contributed by atoms with E-state index >= 15 is 0 Å². The summed E-state index contributed by atoms with van der Waals surface area (Å²) in [5.41, 5.74) is 4.80. The predicted molar refractivity (Wildman–Crippen MR) is 140 cm³/mol. The van der Waals surface area contributed by atoms with Gasteiger partial charge in [0.1, 0.15) is 11.6 Å². The second-order valence-corrected chi connectivity index (χ2v) is 12.6. The summed E-state index contributed by atoms with van der Waals surface area (Å²) in [5.74, 6) is 1.22. The summed E-state index contributed by atoms with van der Waals surface area (Å²) in [5, 5.41) is 3.08. The number of rotatable bonds is 4. The fourth-order valence-corrected chi connectivity index (χ4v) is 8.99. The number of hydrogen-bond acceptors (Lipinski definition) is 3. The molecule has 0 aromatic carbocycles. The van der Waals surface area contributed by atoms with Crippen LogP contribution >= 0.6 is 0 Å². The molecule has 0 radical (unpaired) electrons. The Labute approximate surface area is 214 Å². The molecule has 0 bridgehead atoms. The Hall–Kier alpha value is -2.63. The van der Waals surface area contributed by atoms with E-state index in [1.54, 1.807) is 0 Å². The molecule has 1 aliphatic heterocycles. The molecule has 3 aliphatic carbocycles. The van der Waals surface area contributed by atoms with Crippen LogP contribution in [0.4, 0.5) is 0 Å². The molecule has 6 atom stereocenters. The van der Waals surface area contributed by atoms with E-state index in [1.807, 2.05) is 46.9 Å². The van der Waals surface area contributed by atoms with Gasteiger partial charge in [0.05, 0.1) is 5.69 Å². The number of carbonyl (C=O) groups is 2. The number of nitrogens with one attached hydrogen (secondary N) is 1. The first-order chi connectivity index (χ1) is 17.2. The highest BCUT2D eigenvalue weighted by Crippen LogP contribution is 2.65. The van der Waals surface area contributed by atoms with Gasteiger partial charge in [-0.15, -0.1) is 0 Å². The number of nitrogens with zero attached hydrogens (tertiary/aromatic N) is 3. The van der Waals surface area contributed by atoms with Crippen LogP contribution in [0, 0.1) is 34.5 Å². The van der Waals surface area contributed by atoms with Gasteiger partial charge in [-0.25, -0.2) is 4.98 Å². The van der Waals surface area contributed by atoms with E-state index < -0.39 is 5.92 Å². The van der Waals surface area contributed by atoms with Crippen LogP contribution in [-0.2, 0) is 16.0 Å². The standard InChI is InChI=1S/C30H40N4O2/c1-19-16-21-23-8-7-12-29(23,2)13-10-24(21)30(3)17-22(28(36)33(4)26(19)30)27(35)31-14-11-20-18-34-15-6-5-9-25(34)32-20/h5-6,9,15,18,21-24H,7-8,10-14,16-17H2,1-4H3,(H,31,35)/t21-,22?,23-,24+,29-,30+/m0/s1. The molecule has 6 heteroatoms. The molecule has 2 aromatic heterocycles. The number of imidazole rings is 1.